The van der Waals surface area contributed by atoms with Crippen molar-refractivity contribution in [2.24, 2.45) is 0 Å². The maximum atomic E-state index is 5.34. The van der Waals surface area contributed by atoms with E-state index in [4.69, 9.17) is 9.97 Å². The molecule has 2 aromatic heterocycles. The van der Waals surface area contributed by atoms with E-state index in [0.717, 1.165) is 44.8 Å². The van der Waals surface area contributed by atoms with Crippen molar-refractivity contribution >= 4 is 31.5 Å². The second kappa shape index (κ2) is 13.6. The fourth-order valence-electron chi connectivity index (χ4n) is 8.85. The highest BCUT2D eigenvalue weighted by Gasteiger charge is 2.35. The van der Waals surface area contributed by atoms with Gasteiger partial charge in [0.2, 0.25) is 0 Å². The first-order valence-electron chi connectivity index (χ1n) is 19.9. The van der Waals surface area contributed by atoms with Crippen LogP contribution in [0.2, 0.25) is 0 Å². The van der Waals surface area contributed by atoms with Crippen molar-refractivity contribution in [2.45, 2.75) is 19.3 Å². The van der Waals surface area contributed by atoms with Crippen LogP contribution in [0.3, 0.4) is 0 Å². The molecule has 58 heavy (non-hydrogen) atoms. The quantitative estimate of drug-likeness (QED) is 0.169. The van der Waals surface area contributed by atoms with E-state index in [1.807, 2.05) is 17.4 Å². The normalized spacial score (nSPS) is 12.8. The van der Waals surface area contributed by atoms with Crippen LogP contribution in [0.4, 0.5) is 0 Å². The molecule has 0 bridgehead atoms. The molecule has 1 aliphatic carbocycles. The lowest BCUT2D eigenvalue weighted by atomic mass is 9.82. The van der Waals surface area contributed by atoms with Gasteiger partial charge in [-0.25, -0.2) is 9.97 Å². The van der Waals surface area contributed by atoms with Crippen LogP contribution in [-0.2, 0) is 5.41 Å². The summed E-state index contributed by atoms with van der Waals surface area (Å²) in [6.45, 7) is 4.66. The summed E-state index contributed by atoms with van der Waals surface area (Å²) in [5.41, 5.74) is 17.1. The zero-order valence-electron chi connectivity index (χ0n) is 32.3. The largest absolute Gasteiger partial charge is 0.228 e. The van der Waals surface area contributed by atoms with E-state index in [1.165, 1.54) is 59.1 Å². The third-order valence-electron chi connectivity index (χ3n) is 11.9. The lowest BCUT2D eigenvalue weighted by molar-refractivity contribution is 0.660. The second-order valence-electron chi connectivity index (χ2n) is 15.8. The zero-order valence-corrected chi connectivity index (χ0v) is 33.1. The number of nitrogens with zero attached hydrogens (tertiary/aromatic N) is 2. The van der Waals surface area contributed by atoms with E-state index >= 15 is 0 Å². The average molecular weight is 759 g/mol. The molecule has 0 radical (unpaired) electrons. The van der Waals surface area contributed by atoms with Gasteiger partial charge in [-0.15, -0.1) is 11.3 Å². The summed E-state index contributed by atoms with van der Waals surface area (Å²) < 4.78 is 2.60. The van der Waals surface area contributed by atoms with Crippen molar-refractivity contribution < 1.29 is 0 Å². The summed E-state index contributed by atoms with van der Waals surface area (Å²) in [6, 6.07) is 70.3. The summed E-state index contributed by atoms with van der Waals surface area (Å²) >= 11 is 1.85. The molecule has 0 fully saturated rings. The van der Waals surface area contributed by atoms with Crippen molar-refractivity contribution in [3.05, 3.63) is 205 Å². The predicted octanol–water partition coefficient (Wildman–Crippen LogP) is 15.2. The third-order valence-corrected chi connectivity index (χ3v) is 13.0. The first-order chi connectivity index (χ1) is 28.5. The van der Waals surface area contributed by atoms with Gasteiger partial charge in [0.25, 0.3) is 0 Å². The van der Waals surface area contributed by atoms with Gasteiger partial charge >= 0.3 is 0 Å². The Kier molecular flexibility index (Phi) is 8.06. The number of rotatable bonds is 6. The Morgan fingerprint density at radius 1 is 0.345 bits per heavy atom. The maximum Gasteiger partial charge on any atom is 0.160 e. The molecule has 0 spiro atoms. The molecule has 0 atom stereocenters. The highest BCUT2D eigenvalue weighted by atomic mass is 32.1. The van der Waals surface area contributed by atoms with Crippen LogP contribution in [0.1, 0.15) is 25.0 Å². The van der Waals surface area contributed by atoms with Crippen molar-refractivity contribution in [3.8, 4) is 78.4 Å². The number of benzene rings is 8. The molecule has 8 aromatic carbocycles. The van der Waals surface area contributed by atoms with Gasteiger partial charge in [-0.3, -0.25) is 0 Å². The summed E-state index contributed by atoms with van der Waals surface area (Å²) in [5.74, 6) is 0.709. The van der Waals surface area contributed by atoms with Crippen molar-refractivity contribution in [1.82, 2.24) is 9.97 Å². The summed E-state index contributed by atoms with van der Waals surface area (Å²) in [7, 11) is 0. The Bertz CT molecular complexity index is 3190. The van der Waals surface area contributed by atoms with Crippen molar-refractivity contribution in [1.29, 1.82) is 0 Å². The minimum atomic E-state index is -0.119. The van der Waals surface area contributed by atoms with Gasteiger partial charge in [0.05, 0.1) is 11.4 Å². The lowest BCUT2D eigenvalue weighted by Gasteiger charge is -2.22. The molecule has 3 heteroatoms. The van der Waals surface area contributed by atoms with Gasteiger partial charge in [0.1, 0.15) is 0 Å². The van der Waals surface area contributed by atoms with Crippen molar-refractivity contribution in [2.75, 3.05) is 0 Å². The summed E-state index contributed by atoms with van der Waals surface area (Å²) in [6.07, 6.45) is 0. The Morgan fingerprint density at radius 2 is 0.897 bits per heavy atom. The Balaban J connectivity index is 1.12. The highest BCUT2D eigenvalue weighted by Crippen LogP contribution is 2.49. The van der Waals surface area contributed by atoms with Crippen LogP contribution in [0.5, 0.6) is 0 Å². The Morgan fingerprint density at radius 3 is 1.69 bits per heavy atom. The van der Waals surface area contributed by atoms with Crippen LogP contribution < -0.4 is 0 Å². The van der Waals surface area contributed by atoms with Gasteiger partial charge in [0.15, 0.2) is 5.82 Å². The van der Waals surface area contributed by atoms with E-state index < -0.39 is 0 Å². The Hall–Kier alpha value is -6.94. The molecule has 0 saturated heterocycles. The molecule has 274 valence electrons. The molecule has 1 aliphatic rings. The zero-order chi connectivity index (χ0) is 38.8. The highest BCUT2D eigenvalue weighted by molar-refractivity contribution is 7.25. The molecule has 0 unspecified atom stereocenters. The predicted molar refractivity (Wildman–Crippen MR) is 245 cm³/mol. The van der Waals surface area contributed by atoms with E-state index in [0.29, 0.717) is 5.82 Å². The summed E-state index contributed by atoms with van der Waals surface area (Å²) in [5, 5.41) is 2.58. The minimum absolute atomic E-state index is 0.119. The van der Waals surface area contributed by atoms with E-state index in [1.54, 1.807) is 0 Å². The number of hydrogen-bond donors (Lipinski definition) is 0. The molecule has 10 aromatic rings. The van der Waals surface area contributed by atoms with Crippen LogP contribution >= 0.6 is 11.3 Å². The lowest BCUT2D eigenvalue weighted by Crippen LogP contribution is -2.14. The first-order valence-corrected chi connectivity index (χ1v) is 20.7. The average Bonchev–Trinajstić information content (AvgIpc) is 3.77. The van der Waals surface area contributed by atoms with Crippen molar-refractivity contribution in [3.63, 3.8) is 0 Å². The Labute approximate surface area is 342 Å². The molecule has 2 heterocycles. The van der Waals surface area contributed by atoms with Crippen LogP contribution in [-0.4, -0.2) is 9.97 Å². The number of aromatic nitrogens is 2. The molecule has 0 saturated carbocycles. The number of fused-ring (bicyclic) bond motifs is 6. The fourth-order valence-corrected chi connectivity index (χ4v) is 9.93. The van der Waals surface area contributed by atoms with Crippen LogP contribution in [0.15, 0.2) is 194 Å². The van der Waals surface area contributed by atoms with Gasteiger partial charge in [-0.2, -0.15) is 0 Å². The molecule has 11 rings (SSSR count). The van der Waals surface area contributed by atoms with Gasteiger partial charge in [0, 0.05) is 42.3 Å². The van der Waals surface area contributed by atoms with E-state index in [2.05, 4.69) is 202 Å². The topological polar surface area (TPSA) is 25.8 Å². The third kappa shape index (κ3) is 5.86. The molecular formula is C55H38N2S. The molecule has 0 aliphatic heterocycles. The molecular weight excluding hydrogens is 721 g/mol. The SMILES string of the molecule is CC1(C)c2ccccc2-c2ccc(-c3cc(-c4cc(-c5cccc(-c6ccccc6)c5)cc(-c5ccc6sc7ccccc7c6c5)c4)nc(-c4ccccc4)n3)cc21. The van der Waals surface area contributed by atoms with E-state index in [9.17, 15) is 0 Å². The molecule has 2 nitrogen and oxygen atoms in total. The minimum Gasteiger partial charge on any atom is -0.228 e. The number of hydrogen-bond acceptors (Lipinski definition) is 3. The maximum absolute atomic E-state index is 5.34. The molecule has 0 amide bonds. The van der Waals surface area contributed by atoms with Gasteiger partial charge < -0.3 is 0 Å². The van der Waals surface area contributed by atoms with Crippen LogP contribution in [0, 0.1) is 0 Å². The second-order valence-corrected chi connectivity index (χ2v) is 16.9. The molecule has 0 N–H and O–H groups in total. The monoisotopic (exact) mass is 758 g/mol. The van der Waals surface area contributed by atoms with E-state index in [-0.39, 0.29) is 5.41 Å². The number of thiophene rings is 1. The van der Waals surface area contributed by atoms with Crippen LogP contribution in [0.25, 0.3) is 98.6 Å². The summed E-state index contributed by atoms with van der Waals surface area (Å²) in [4.78, 5) is 10.6. The van der Waals surface area contributed by atoms with Gasteiger partial charge in [-0.05, 0) is 110 Å². The van der Waals surface area contributed by atoms with Gasteiger partial charge in [-0.1, -0.05) is 153 Å². The fraction of sp³-hybridized carbons (Fsp3) is 0.0545. The first kappa shape index (κ1) is 34.3. The standard InChI is InChI=1S/C55H38N2S/c1-55(2)48-22-11-9-20-44(48)45-26-24-40(33-49(45)55)50-34-51(57-54(56-50)36-16-7-4-8-17-36)43-30-41(38-19-13-18-37(28-38)35-14-5-3-6-15-35)29-42(31-43)39-25-27-53-47(32-39)46-21-10-12-23-52(46)58-53/h3-34H,1-2H3. The smallest absolute Gasteiger partial charge is 0.160 e.